The van der Waals surface area contributed by atoms with Gasteiger partial charge in [0.25, 0.3) is 10.8 Å². The number of anilines is 1. The Hall–Kier alpha value is -2.69. The number of ether oxygens (including phenoxy) is 1. The first-order valence-corrected chi connectivity index (χ1v) is 10.5. The lowest BCUT2D eigenvalue weighted by Gasteiger charge is -2.28. The standard InChI is InChI=1S/C20H21N3O5S2/c1-21-20(24)19(30-13-29)12-15-4-6-18(28-15)14-3-5-16(17(11-14)23(25)26-2)22-7-9-27-10-8-22/h3-6,11-13H,7-10H2,1-2H3/p+1/b19-12-. The fourth-order valence-electron chi connectivity index (χ4n) is 3.04. The van der Waals surface area contributed by atoms with E-state index in [0.717, 1.165) is 17.4 Å². The van der Waals surface area contributed by atoms with Crippen molar-refractivity contribution in [3.05, 3.63) is 45.9 Å². The molecule has 3 rings (SSSR count). The van der Waals surface area contributed by atoms with Crippen molar-refractivity contribution in [3.63, 3.8) is 0 Å². The van der Waals surface area contributed by atoms with Crippen LogP contribution in [0.4, 0.5) is 11.4 Å². The Bertz CT molecular complexity index is 967. The number of hydrogen-bond donors (Lipinski definition) is 1. The highest BCUT2D eigenvalue weighted by atomic mass is 32.2. The van der Waals surface area contributed by atoms with E-state index >= 15 is 0 Å². The average Bonchev–Trinajstić information content (AvgIpc) is 3.26. The highest BCUT2D eigenvalue weighted by molar-refractivity contribution is 8.24. The van der Waals surface area contributed by atoms with Crippen molar-refractivity contribution in [3.8, 4) is 11.3 Å². The van der Waals surface area contributed by atoms with E-state index in [0.29, 0.717) is 58.9 Å². The fraction of sp³-hybridized carbons (Fsp3) is 0.300. The third-order valence-electron chi connectivity index (χ3n) is 4.50. The van der Waals surface area contributed by atoms with Crippen molar-refractivity contribution < 1.29 is 23.7 Å². The first-order valence-electron chi connectivity index (χ1n) is 9.19. The molecular weight excluding hydrogens is 426 g/mol. The van der Waals surface area contributed by atoms with Gasteiger partial charge in [0.15, 0.2) is 7.11 Å². The summed E-state index contributed by atoms with van der Waals surface area (Å²) in [5.41, 5.74) is 1.86. The third kappa shape index (κ3) is 5.07. The van der Waals surface area contributed by atoms with Crippen LogP contribution in [0.3, 0.4) is 0 Å². The van der Waals surface area contributed by atoms with Crippen molar-refractivity contribution in [2.24, 2.45) is 0 Å². The molecule has 8 nitrogen and oxygen atoms in total. The zero-order valence-corrected chi connectivity index (χ0v) is 18.3. The number of benzene rings is 1. The van der Waals surface area contributed by atoms with Crippen molar-refractivity contribution >= 4 is 52.0 Å². The smallest absolute Gasteiger partial charge is 0.340 e. The second-order valence-electron chi connectivity index (χ2n) is 6.25. The van der Waals surface area contributed by atoms with Crippen LogP contribution in [0.25, 0.3) is 17.4 Å². The highest BCUT2D eigenvalue weighted by Crippen LogP contribution is 2.35. The van der Waals surface area contributed by atoms with E-state index in [1.165, 1.54) is 11.8 Å². The van der Waals surface area contributed by atoms with Gasteiger partial charge in [-0.05, 0) is 24.3 Å². The van der Waals surface area contributed by atoms with Crippen LogP contribution in [0.2, 0.25) is 0 Å². The molecule has 0 radical (unpaired) electrons. The first-order chi connectivity index (χ1) is 14.6. The molecule has 10 heteroatoms. The normalized spacial score (nSPS) is 14.3. The summed E-state index contributed by atoms with van der Waals surface area (Å²) in [5, 5.41) is 2.57. The summed E-state index contributed by atoms with van der Waals surface area (Å²) in [6.45, 7) is 2.60. The first kappa shape index (κ1) is 22.0. The topological polar surface area (TPSA) is 84.0 Å². The van der Waals surface area contributed by atoms with Crippen LogP contribution in [0.1, 0.15) is 5.76 Å². The molecule has 1 aliphatic heterocycles. The van der Waals surface area contributed by atoms with Gasteiger partial charge in [0.1, 0.15) is 17.2 Å². The Balaban J connectivity index is 1.93. The molecule has 2 heterocycles. The van der Waals surface area contributed by atoms with Crippen LogP contribution in [0.5, 0.6) is 0 Å². The highest BCUT2D eigenvalue weighted by Gasteiger charge is 2.27. The van der Waals surface area contributed by atoms with Gasteiger partial charge >= 0.3 is 5.69 Å². The van der Waals surface area contributed by atoms with Crippen LogP contribution in [0, 0.1) is 4.91 Å². The molecule has 1 aliphatic rings. The van der Waals surface area contributed by atoms with Crippen LogP contribution in [-0.4, -0.2) is 56.0 Å². The minimum atomic E-state index is -0.252. The second-order valence-corrected chi connectivity index (χ2v) is 7.69. The van der Waals surface area contributed by atoms with Gasteiger partial charge in [-0.25, -0.2) is 4.84 Å². The number of thioether (sulfide) groups is 1. The molecule has 2 aromatic rings. The summed E-state index contributed by atoms with van der Waals surface area (Å²) in [6, 6.07) is 9.01. The molecule has 1 N–H and O–H groups in total. The van der Waals surface area contributed by atoms with Gasteiger partial charge in [-0.3, -0.25) is 4.79 Å². The van der Waals surface area contributed by atoms with Crippen molar-refractivity contribution in [2.75, 3.05) is 45.4 Å². The third-order valence-corrected chi connectivity index (χ3v) is 5.44. The quantitative estimate of drug-likeness (QED) is 0.373. The molecule has 1 saturated heterocycles. The Morgan fingerprint density at radius 2 is 2.07 bits per heavy atom. The Morgan fingerprint density at radius 1 is 1.30 bits per heavy atom. The molecule has 0 unspecified atom stereocenters. The molecule has 1 fully saturated rings. The average molecular weight is 449 g/mol. The van der Waals surface area contributed by atoms with Crippen molar-refractivity contribution in [1.82, 2.24) is 5.32 Å². The Labute approximate surface area is 183 Å². The van der Waals surface area contributed by atoms with E-state index in [4.69, 9.17) is 26.2 Å². The van der Waals surface area contributed by atoms with Gasteiger partial charge < -0.3 is 19.4 Å². The molecule has 158 valence electrons. The Morgan fingerprint density at radius 3 is 2.73 bits per heavy atom. The maximum Gasteiger partial charge on any atom is 0.340 e. The number of rotatable bonds is 8. The van der Waals surface area contributed by atoms with Gasteiger partial charge in [-0.2, -0.15) is 0 Å². The minimum Gasteiger partial charge on any atom is -0.457 e. The van der Waals surface area contributed by atoms with E-state index in [-0.39, 0.29) is 5.91 Å². The second kappa shape index (κ2) is 10.4. The number of likely N-dealkylation sites (N-methyl/N-ethyl adjacent to an activating group) is 1. The van der Waals surface area contributed by atoms with E-state index in [2.05, 4.69) is 10.2 Å². The number of furan rings is 1. The molecular formula is C20H22N3O5S2+. The van der Waals surface area contributed by atoms with Crippen LogP contribution in [-0.2, 0) is 14.4 Å². The molecule has 0 bridgehead atoms. The summed E-state index contributed by atoms with van der Waals surface area (Å²) in [5.74, 6) is 0.805. The van der Waals surface area contributed by atoms with Gasteiger partial charge in [0.2, 0.25) is 0 Å². The molecule has 30 heavy (non-hydrogen) atoms. The Kier molecular flexibility index (Phi) is 7.61. The number of carbonyl (C=O) groups is 1. The lowest BCUT2D eigenvalue weighted by molar-refractivity contribution is -0.736. The van der Waals surface area contributed by atoms with Gasteiger partial charge in [0.05, 0.1) is 23.0 Å². The largest absolute Gasteiger partial charge is 0.457 e. The lowest BCUT2D eigenvalue weighted by atomic mass is 10.1. The molecule has 0 spiro atoms. The SMILES string of the molecule is CNC(=O)/C(=C/c1ccc(-c2ccc(N3CCOCC3)c([N+](=O)OC)c2)o1)SC=S. The van der Waals surface area contributed by atoms with Gasteiger partial charge in [-0.15, -0.1) is 0 Å². The number of carbonyl (C=O) groups excluding carboxylic acids is 1. The van der Waals surface area contributed by atoms with E-state index in [1.807, 2.05) is 12.1 Å². The minimum absolute atomic E-state index is 0.252. The maximum atomic E-state index is 12.3. The van der Waals surface area contributed by atoms with Crippen molar-refractivity contribution in [1.29, 1.82) is 0 Å². The van der Waals surface area contributed by atoms with E-state index < -0.39 is 0 Å². The number of thiocarbonyl (C=S) groups is 1. The number of hydrogen-bond acceptors (Lipinski definition) is 8. The van der Waals surface area contributed by atoms with Gasteiger partial charge in [0, 0.05) is 42.5 Å². The van der Waals surface area contributed by atoms with Crippen LogP contribution in [0.15, 0.2) is 39.7 Å². The molecule has 0 saturated carbocycles. The molecule has 1 amide bonds. The van der Waals surface area contributed by atoms with Crippen molar-refractivity contribution in [2.45, 2.75) is 0 Å². The maximum absolute atomic E-state index is 12.3. The van der Waals surface area contributed by atoms with Crippen LogP contribution < -0.4 is 10.2 Å². The predicted octanol–water partition coefficient (Wildman–Crippen LogP) is 3.53. The number of amides is 1. The monoisotopic (exact) mass is 448 g/mol. The molecule has 1 aromatic carbocycles. The summed E-state index contributed by atoms with van der Waals surface area (Å²) in [7, 11) is 2.88. The summed E-state index contributed by atoms with van der Waals surface area (Å²) < 4.78 is 12.7. The molecule has 0 atom stereocenters. The summed E-state index contributed by atoms with van der Waals surface area (Å²) in [4.78, 5) is 32.2. The van der Waals surface area contributed by atoms with Gasteiger partial charge in [-0.1, -0.05) is 24.0 Å². The zero-order chi connectivity index (χ0) is 21.5. The summed E-state index contributed by atoms with van der Waals surface area (Å²) >= 11 is 5.97. The zero-order valence-electron chi connectivity index (χ0n) is 16.6. The summed E-state index contributed by atoms with van der Waals surface area (Å²) in [6.07, 6.45) is 1.62. The molecule has 1 aromatic heterocycles. The van der Waals surface area contributed by atoms with E-state index in [1.54, 1.807) is 31.3 Å². The lowest BCUT2D eigenvalue weighted by Crippen LogP contribution is -2.36. The van der Waals surface area contributed by atoms with E-state index in [9.17, 15) is 9.70 Å². The fourth-order valence-corrected chi connectivity index (χ4v) is 3.84. The number of morpholine rings is 1. The predicted molar refractivity (Wildman–Crippen MR) is 121 cm³/mol. The number of nitrogens with zero attached hydrogens (tertiary/aromatic N) is 2. The van der Waals surface area contributed by atoms with Crippen LogP contribution >= 0.6 is 24.0 Å². The number of nitrogens with one attached hydrogen (secondary N) is 1. The molecule has 0 aliphatic carbocycles.